The summed E-state index contributed by atoms with van der Waals surface area (Å²) in [6, 6.07) is 6.05. The molecule has 1 aromatic carbocycles. The van der Waals surface area contributed by atoms with Gasteiger partial charge < -0.3 is 5.32 Å². The molecular formula is C14H18N2O4S. The molecule has 0 bridgehead atoms. The van der Waals surface area contributed by atoms with Gasteiger partial charge in [-0.05, 0) is 30.0 Å². The zero-order valence-electron chi connectivity index (χ0n) is 11.9. The summed E-state index contributed by atoms with van der Waals surface area (Å²) >= 11 is 0. The van der Waals surface area contributed by atoms with E-state index in [1.165, 1.54) is 19.1 Å². The number of hydrogen-bond donors (Lipinski definition) is 2. The minimum atomic E-state index is -3.82. The molecule has 0 spiro atoms. The minimum absolute atomic E-state index is 0.0377. The molecule has 114 valence electrons. The second-order valence-corrected chi connectivity index (χ2v) is 7.03. The number of carbonyl (C=O) groups is 2. The predicted molar refractivity (Wildman–Crippen MR) is 76.6 cm³/mol. The van der Waals surface area contributed by atoms with Crippen molar-refractivity contribution in [1.82, 2.24) is 10.0 Å². The molecule has 1 fully saturated rings. The van der Waals surface area contributed by atoms with Crippen molar-refractivity contribution >= 4 is 21.8 Å². The van der Waals surface area contributed by atoms with Gasteiger partial charge >= 0.3 is 0 Å². The van der Waals surface area contributed by atoms with E-state index in [1.54, 1.807) is 12.1 Å². The molecule has 21 heavy (non-hydrogen) atoms. The quantitative estimate of drug-likeness (QED) is 0.841. The lowest BCUT2D eigenvalue weighted by atomic mass is 10.2. The summed E-state index contributed by atoms with van der Waals surface area (Å²) in [6.07, 6.45) is 0.733. The smallest absolute Gasteiger partial charge is 0.264 e. The zero-order valence-corrected chi connectivity index (χ0v) is 12.7. The number of rotatable bonds is 5. The van der Waals surface area contributed by atoms with E-state index in [0.29, 0.717) is 6.54 Å². The van der Waals surface area contributed by atoms with Gasteiger partial charge in [-0.15, -0.1) is 0 Å². The Labute approximate surface area is 124 Å². The van der Waals surface area contributed by atoms with E-state index < -0.39 is 15.9 Å². The molecule has 2 atom stereocenters. The van der Waals surface area contributed by atoms with E-state index in [1.807, 2.05) is 6.92 Å². The van der Waals surface area contributed by atoms with Crippen molar-refractivity contribution in [3.63, 3.8) is 0 Å². The lowest BCUT2D eigenvalue weighted by molar-refractivity contribution is -0.121. The molecule has 1 aliphatic rings. The maximum atomic E-state index is 12.1. The average Bonchev–Trinajstić information content (AvgIpc) is 3.14. The molecule has 2 amide bonds. The molecule has 7 heteroatoms. The van der Waals surface area contributed by atoms with Crippen molar-refractivity contribution in [2.24, 2.45) is 11.8 Å². The van der Waals surface area contributed by atoms with E-state index in [9.17, 15) is 18.0 Å². The van der Waals surface area contributed by atoms with E-state index in [4.69, 9.17) is 0 Å². The predicted octanol–water partition coefficient (Wildman–Crippen LogP) is 0.784. The summed E-state index contributed by atoms with van der Waals surface area (Å²) in [5.74, 6) is -0.540. The highest BCUT2D eigenvalue weighted by Gasteiger charge is 2.40. The molecule has 0 saturated heterocycles. The Morgan fingerprint density at radius 3 is 2.29 bits per heavy atom. The normalized spacial score (nSPS) is 20.7. The van der Waals surface area contributed by atoms with E-state index in [2.05, 4.69) is 10.0 Å². The van der Waals surface area contributed by atoms with Crippen LogP contribution in [-0.4, -0.2) is 20.2 Å². The van der Waals surface area contributed by atoms with Crippen molar-refractivity contribution in [3.05, 3.63) is 29.8 Å². The molecule has 0 aliphatic heterocycles. The van der Waals surface area contributed by atoms with Crippen LogP contribution >= 0.6 is 0 Å². The van der Waals surface area contributed by atoms with Gasteiger partial charge in [-0.2, -0.15) is 0 Å². The molecule has 6 nitrogen and oxygen atoms in total. The summed E-state index contributed by atoms with van der Waals surface area (Å²) in [7, 11) is -3.82. The fourth-order valence-electron chi connectivity index (χ4n) is 1.97. The highest BCUT2D eigenvalue weighted by molar-refractivity contribution is 7.90. The van der Waals surface area contributed by atoms with Crippen molar-refractivity contribution in [2.75, 3.05) is 0 Å². The lowest BCUT2D eigenvalue weighted by Crippen LogP contribution is -2.32. The van der Waals surface area contributed by atoms with Gasteiger partial charge in [0, 0.05) is 19.4 Å². The van der Waals surface area contributed by atoms with Crippen molar-refractivity contribution in [3.8, 4) is 0 Å². The fourth-order valence-corrected chi connectivity index (χ4v) is 3.00. The number of carbonyl (C=O) groups excluding carboxylic acids is 2. The Balaban J connectivity index is 2.02. The number of nitrogens with one attached hydrogen (secondary N) is 2. The first-order valence-corrected chi connectivity index (χ1v) is 8.18. The molecule has 1 aliphatic carbocycles. The Bertz CT molecular complexity index is 652. The van der Waals surface area contributed by atoms with Crippen LogP contribution in [0.1, 0.15) is 25.8 Å². The molecule has 2 N–H and O–H groups in total. The van der Waals surface area contributed by atoms with Crippen LogP contribution in [0.15, 0.2) is 29.2 Å². The maximum Gasteiger partial charge on any atom is 0.264 e. The van der Waals surface area contributed by atoms with Gasteiger partial charge in [-0.1, -0.05) is 19.1 Å². The standard InChI is InChI=1S/C14H18N2O4S/c1-9-7-13(9)14(18)16-21(19,20)12-5-3-11(4-6-12)8-15-10(2)17/h3-6,9,13H,7-8H2,1-2H3,(H,15,17)(H,16,18)/t9-,13+/m0/s1. The van der Waals surface area contributed by atoms with E-state index in [0.717, 1.165) is 12.0 Å². The molecule has 0 aromatic heterocycles. The van der Waals surface area contributed by atoms with Gasteiger partial charge in [0.2, 0.25) is 11.8 Å². The SMILES string of the molecule is CC(=O)NCc1ccc(S(=O)(=O)NC(=O)[C@@H]2C[C@@H]2C)cc1. The second kappa shape index (κ2) is 5.85. The van der Waals surface area contributed by atoms with Crippen molar-refractivity contribution < 1.29 is 18.0 Å². The Hall–Kier alpha value is -1.89. The van der Waals surface area contributed by atoms with Crippen LogP contribution in [0.4, 0.5) is 0 Å². The third-order valence-electron chi connectivity index (χ3n) is 3.46. The molecule has 1 saturated carbocycles. The van der Waals surface area contributed by atoms with Gasteiger partial charge in [-0.25, -0.2) is 13.1 Å². The molecule has 0 radical (unpaired) electrons. The third kappa shape index (κ3) is 4.04. The van der Waals surface area contributed by atoms with Gasteiger partial charge in [0.15, 0.2) is 0 Å². The number of benzene rings is 1. The number of hydrogen-bond acceptors (Lipinski definition) is 4. The topological polar surface area (TPSA) is 92.3 Å². The van der Waals surface area contributed by atoms with Crippen LogP contribution in [0.3, 0.4) is 0 Å². The van der Waals surface area contributed by atoms with Crippen LogP contribution in [-0.2, 0) is 26.2 Å². The first-order chi connectivity index (χ1) is 9.79. The Kier molecular flexibility index (Phi) is 4.32. The fraction of sp³-hybridized carbons (Fsp3) is 0.429. The summed E-state index contributed by atoms with van der Waals surface area (Å²) in [4.78, 5) is 22.6. The molecular weight excluding hydrogens is 292 g/mol. The Morgan fingerprint density at radius 2 is 1.81 bits per heavy atom. The molecule has 2 rings (SSSR count). The van der Waals surface area contributed by atoms with Gasteiger partial charge in [0.05, 0.1) is 4.90 Å². The lowest BCUT2D eigenvalue weighted by Gasteiger charge is -2.08. The summed E-state index contributed by atoms with van der Waals surface area (Å²) in [5.41, 5.74) is 0.784. The Morgan fingerprint density at radius 1 is 1.24 bits per heavy atom. The summed E-state index contributed by atoms with van der Waals surface area (Å²) in [6.45, 7) is 3.66. The third-order valence-corrected chi connectivity index (χ3v) is 4.82. The van der Waals surface area contributed by atoms with Crippen LogP contribution in [0.25, 0.3) is 0 Å². The monoisotopic (exact) mass is 310 g/mol. The van der Waals surface area contributed by atoms with Crippen molar-refractivity contribution in [1.29, 1.82) is 0 Å². The molecule has 1 aromatic rings. The van der Waals surface area contributed by atoms with E-state index in [-0.39, 0.29) is 22.6 Å². The highest BCUT2D eigenvalue weighted by Crippen LogP contribution is 2.37. The molecule has 0 unspecified atom stereocenters. The van der Waals surface area contributed by atoms with Crippen LogP contribution in [0, 0.1) is 11.8 Å². The summed E-state index contributed by atoms with van der Waals surface area (Å²) in [5, 5.41) is 2.62. The highest BCUT2D eigenvalue weighted by atomic mass is 32.2. The number of amides is 2. The van der Waals surface area contributed by atoms with Crippen molar-refractivity contribution in [2.45, 2.75) is 31.7 Å². The first-order valence-electron chi connectivity index (χ1n) is 6.69. The van der Waals surface area contributed by atoms with Crippen LogP contribution < -0.4 is 10.0 Å². The van der Waals surface area contributed by atoms with Gasteiger partial charge in [0.1, 0.15) is 0 Å². The number of sulfonamides is 1. The first kappa shape index (κ1) is 15.5. The van der Waals surface area contributed by atoms with Crippen LogP contribution in [0.5, 0.6) is 0 Å². The average molecular weight is 310 g/mol. The minimum Gasteiger partial charge on any atom is -0.352 e. The largest absolute Gasteiger partial charge is 0.352 e. The van der Waals surface area contributed by atoms with Gasteiger partial charge in [-0.3, -0.25) is 9.59 Å². The maximum absolute atomic E-state index is 12.1. The molecule has 0 heterocycles. The van der Waals surface area contributed by atoms with Crippen LogP contribution in [0.2, 0.25) is 0 Å². The zero-order chi connectivity index (χ0) is 15.6. The van der Waals surface area contributed by atoms with Gasteiger partial charge in [0.25, 0.3) is 10.0 Å². The summed E-state index contributed by atoms with van der Waals surface area (Å²) < 4.78 is 26.2. The van der Waals surface area contributed by atoms with E-state index >= 15 is 0 Å². The second-order valence-electron chi connectivity index (χ2n) is 5.34.